The Morgan fingerprint density at radius 1 is 1.16 bits per heavy atom. The van der Waals surface area contributed by atoms with Crippen LogP contribution >= 0.6 is 39.3 Å². The van der Waals surface area contributed by atoms with Crippen molar-refractivity contribution in [3.8, 4) is 0 Å². The molecule has 0 saturated carbocycles. The first-order valence-corrected chi connectivity index (χ1v) is 14.2. The van der Waals surface area contributed by atoms with Gasteiger partial charge in [-0.3, -0.25) is 9.79 Å². The number of nitrogens with zero attached hydrogens (tertiary/aromatic N) is 1. The SMILES string of the molecule is C=N/C(=C(/Br)SC(=O)OC(C)(C)C)c1ccc(C)c(Cl)c1.CC.CNCC(Cc1ccccc1)C(=O)OC. The second-order valence-corrected chi connectivity index (χ2v) is 11.4. The highest BCUT2D eigenvalue weighted by Gasteiger charge is 2.20. The summed E-state index contributed by atoms with van der Waals surface area (Å²) in [6.07, 6.45) is 0.717. The number of carbonyl (C=O) groups is 2. The van der Waals surface area contributed by atoms with E-state index in [-0.39, 0.29) is 11.9 Å². The molecular weight excluding hydrogens is 588 g/mol. The van der Waals surface area contributed by atoms with E-state index in [4.69, 9.17) is 21.1 Å². The van der Waals surface area contributed by atoms with Gasteiger partial charge >= 0.3 is 11.3 Å². The lowest BCUT2D eigenvalue weighted by Gasteiger charge is -2.19. The summed E-state index contributed by atoms with van der Waals surface area (Å²) in [5.74, 6) is -0.268. The summed E-state index contributed by atoms with van der Waals surface area (Å²) in [6.45, 7) is 15.5. The van der Waals surface area contributed by atoms with Crippen LogP contribution in [-0.4, -0.2) is 44.3 Å². The summed E-state index contributed by atoms with van der Waals surface area (Å²) < 4.78 is 10.5. The molecular formula is C29H40BrClN2O4S. The fourth-order valence-corrected chi connectivity index (χ4v) is 4.60. The van der Waals surface area contributed by atoms with Gasteiger partial charge in [0.25, 0.3) is 0 Å². The Balaban J connectivity index is 0.000000709. The summed E-state index contributed by atoms with van der Waals surface area (Å²) in [5, 5.41) is 3.23. The molecule has 6 nitrogen and oxygen atoms in total. The summed E-state index contributed by atoms with van der Waals surface area (Å²) in [7, 11) is 3.26. The van der Waals surface area contributed by atoms with Crippen LogP contribution in [0.15, 0.2) is 57.3 Å². The van der Waals surface area contributed by atoms with Crippen molar-refractivity contribution in [2.45, 2.75) is 53.6 Å². The van der Waals surface area contributed by atoms with E-state index in [1.807, 2.05) is 91.1 Å². The molecule has 0 aromatic heterocycles. The second-order valence-electron chi connectivity index (χ2n) is 8.78. The number of halogens is 2. The molecule has 0 aliphatic heterocycles. The van der Waals surface area contributed by atoms with Gasteiger partial charge in [0, 0.05) is 28.9 Å². The predicted molar refractivity (Wildman–Crippen MR) is 166 cm³/mol. The van der Waals surface area contributed by atoms with Crippen molar-refractivity contribution >= 4 is 63.0 Å². The van der Waals surface area contributed by atoms with E-state index in [2.05, 4.69) is 33.0 Å². The molecule has 0 aliphatic carbocycles. The van der Waals surface area contributed by atoms with Crippen molar-refractivity contribution in [2.75, 3.05) is 20.7 Å². The Morgan fingerprint density at radius 2 is 1.76 bits per heavy atom. The first-order valence-electron chi connectivity index (χ1n) is 12.2. The lowest BCUT2D eigenvalue weighted by atomic mass is 9.99. The third kappa shape index (κ3) is 14.1. The second kappa shape index (κ2) is 19.0. The first-order chi connectivity index (χ1) is 17.9. The molecule has 0 radical (unpaired) electrons. The highest BCUT2D eigenvalue weighted by Crippen LogP contribution is 2.35. The number of aliphatic imine (C=N–C) groups is 1. The van der Waals surface area contributed by atoms with Crippen LogP contribution in [-0.2, 0) is 20.7 Å². The fourth-order valence-electron chi connectivity index (χ4n) is 2.95. The summed E-state index contributed by atoms with van der Waals surface area (Å²) >= 11 is 10.4. The Hall–Kier alpha value is -2.13. The zero-order valence-corrected chi connectivity index (χ0v) is 26.7. The minimum Gasteiger partial charge on any atom is -0.469 e. The van der Waals surface area contributed by atoms with E-state index in [0.29, 0.717) is 27.5 Å². The highest BCUT2D eigenvalue weighted by molar-refractivity contribution is 9.14. The maximum atomic E-state index is 11.8. The van der Waals surface area contributed by atoms with Crippen LogP contribution in [0.1, 0.15) is 51.3 Å². The van der Waals surface area contributed by atoms with Crippen LogP contribution in [0.2, 0.25) is 5.02 Å². The Bertz CT molecular complexity index is 1060. The van der Waals surface area contributed by atoms with Gasteiger partial charge in [0.1, 0.15) is 5.60 Å². The zero-order chi connectivity index (χ0) is 29.3. The van der Waals surface area contributed by atoms with Crippen molar-refractivity contribution < 1.29 is 19.1 Å². The van der Waals surface area contributed by atoms with Crippen molar-refractivity contribution in [2.24, 2.45) is 10.9 Å². The lowest BCUT2D eigenvalue weighted by Crippen LogP contribution is -2.29. The summed E-state index contributed by atoms with van der Waals surface area (Å²) in [6, 6.07) is 15.5. The number of ether oxygens (including phenoxy) is 2. The summed E-state index contributed by atoms with van der Waals surface area (Å²) in [4.78, 5) is 27.2. The minimum atomic E-state index is -0.535. The third-order valence-corrected chi connectivity index (χ3v) is 6.55. The maximum absolute atomic E-state index is 11.8. The van der Waals surface area contributed by atoms with Gasteiger partial charge in [0.05, 0.1) is 22.5 Å². The number of nitrogens with one attached hydrogen (secondary N) is 1. The Morgan fingerprint density at radius 3 is 2.24 bits per heavy atom. The van der Waals surface area contributed by atoms with Gasteiger partial charge in [-0.25, -0.2) is 4.79 Å². The Kier molecular flexibility index (Phi) is 17.9. The molecule has 9 heteroatoms. The van der Waals surface area contributed by atoms with E-state index in [1.54, 1.807) is 6.07 Å². The number of methoxy groups -OCH3 is 1. The van der Waals surface area contributed by atoms with Gasteiger partial charge in [-0.2, -0.15) is 0 Å². The number of aryl methyl sites for hydroxylation is 1. The first kappa shape index (κ1) is 35.9. The molecule has 2 rings (SSSR count). The van der Waals surface area contributed by atoms with Crippen LogP contribution in [0.4, 0.5) is 4.79 Å². The molecule has 0 aliphatic rings. The topological polar surface area (TPSA) is 77.0 Å². The van der Waals surface area contributed by atoms with Gasteiger partial charge in [-0.1, -0.05) is 67.9 Å². The van der Waals surface area contributed by atoms with Crippen LogP contribution in [0.5, 0.6) is 0 Å². The molecule has 1 atom stereocenters. The van der Waals surface area contributed by atoms with Crippen molar-refractivity contribution in [1.82, 2.24) is 5.32 Å². The smallest absolute Gasteiger partial charge is 0.373 e. The molecule has 0 heterocycles. The van der Waals surface area contributed by atoms with Gasteiger partial charge in [-0.15, -0.1) is 0 Å². The van der Waals surface area contributed by atoms with Gasteiger partial charge < -0.3 is 14.8 Å². The molecule has 1 N–H and O–H groups in total. The van der Waals surface area contributed by atoms with E-state index < -0.39 is 10.9 Å². The van der Waals surface area contributed by atoms with Crippen LogP contribution < -0.4 is 5.32 Å². The zero-order valence-electron chi connectivity index (χ0n) is 23.6. The molecule has 210 valence electrons. The van der Waals surface area contributed by atoms with E-state index in [0.717, 1.165) is 28.5 Å². The number of rotatable bonds is 8. The highest BCUT2D eigenvalue weighted by atomic mass is 79.9. The van der Waals surface area contributed by atoms with Gasteiger partial charge in [-0.05, 0) is 81.0 Å². The Labute approximate surface area is 245 Å². The molecule has 2 aromatic carbocycles. The number of hydrogen-bond donors (Lipinski definition) is 1. The number of carbonyl (C=O) groups excluding carboxylic acids is 2. The normalized spacial score (nSPS) is 11.9. The number of hydrogen-bond acceptors (Lipinski definition) is 7. The maximum Gasteiger partial charge on any atom is 0.373 e. The number of benzene rings is 2. The van der Waals surface area contributed by atoms with E-state index in [9.17, 15) is 9.59 Å². The average Bonchev–Trinajstić information content (AvgIpc) is 2.87. The van der Waals surface area contributed by atoms with Crippen LogP contribution in [0, 0.1) is 12.8 Å². The fraction of sp³-hybridized carbons (Fsp3) is 0.414. The van der Waals surface area contributed by atoms with Crippen LogP contribution in [0.25, 0.3) is 5.70 Å². The molecule has 0 saturated heterocycles. The molecule has 0 amide bonds. The standard InChI is InChI=1S/C15H17BrClNO2S.C12H17NO2.C2H6/c1-9-6-7-10(8-11(9)17)12(18-5)13(16)21-14(19)20-15(2,3)4;1-13-9-11(12(14)15-2)8-10-6-4-3-5-7-10;1-2/h6-8H,5H2,1-4H3;3-7,11,13H,8-9H2,1-2H3;1-2H3/b13-12-;;. The molecule has 38 heavy (non-hydrogen) atoms. The van der Waals surface area contributed by atoms with Gasteiger partial charge in [0.2, 0.25) is 0 Å². The molecule has 1 unspecified atom stereocenters. The minimum absolute atomic E-state index is 0.109. The average molecular weight is 628 g/mol. The third-order valence-electron chi connectivity index (χ3n) is 4.66. The monoisotopic (exact) mass is 626 g/mol. The molecule has 0 fully saturated rings. The van der Waals surface area contributed by atoms with Gasteiger partial charge in [0.15, 0.2) is 0 Å². The lowest BCUT2D eigenvalue weighted by molar-refractivity contribution is -0.145. The summed E-state index contributed by atoms with van der Waals surface area (Å²) in [5.41, 5.74) is 2.92. The number of esters is 1. The van der Waals surface area contributed by atoms with E-state index in [1.165, 1.54) is 7.11 Å². The van der Waals surface area contributed by atoms with Crippen molar-refractivity contribution in [3.05, 3.63) is 74.1 Å². The molecule has 0 bridgehead atoms. The molecule has 0 spiro atoms. The van der Waals surface area contributed by atoms with Crippen molar-refractivity contribution in [3.63, 3.8) is 0 Å². The number of thioether (sulfide) groups is 1. The van der Waals surface area contributed by atoms with Crippen molar-refractivity contribution in [1.29, 1.82) is 0 Å². The van der Waals surface area contributed by atoms with Crippen LogP contribution in [0.3, 0.4) is 0 Å². The molecule has 2 aromatic rings. The van der Waals surface area contributed by atoms with E-state index >= 15 is 0 Å². The predicted octanol–water partition coefficient (Wildman–Crippen LogP) is 8.30. The quantitative estimate of drug-likeness (QED) is 0.234. The largest absolute Gasteiger partial charge is 0.469 e.